The third-order valence-corrected chi connectivity index (χ3v) is 8.20. The van der Waals surface area contributed by atoms with E-state index in [2.05, 4.69) is 89.9 Å². The first kappa shape index (κ1) is 26.6. The van der Waals surface area contributed by atoms with E-state index >= 15 is 0 Å². The summed E-state index contributed by atoms with van der Waals surface area (Å²) >= 11 is 0. The van der Waals surface area contributed by atoms with Gasteiger partial charge in [-0.25, -0.2) is 15.0 Å². The Hall–Kier alpha value is -6.00. The summed E-state index contributed by atoms with van der Waals surface area (Å²) in [5.41, 5.74) is 8.21. The highest BCUT2D eigenvalue weighted by Crippen LogP contribution is 2.39. The second-order valence-electron chi connectivity index (χ2n) is 11.2. The molecule has 0 spiro atoms. The summed E-state index contributed by atoms with van der Waals surface area (Å²) < 4.78 is 0. The molecule has 0 atom stereocenters. The zero-order valence-corrected chi connectivity index (χ0v) is 24.7. The van der Waals surface area contributed by atoms with Crippen molar-refractivity contribution in [3.05, 3.63) is 157 Å². The summed E-state index contributed by atoms with van der Waals surface area (Å²) in [6, 6.07) is 50.6. The van der Waals surface area contributed by atoms with E-state index < -0.39 is 0 Å². The minimum Gasteiger partial charge on any atom is -0.262 e. The van der Waals surface area contributed by atoms with Gasteiger partial charge in [0, 0.05) is 28.6 Å². The normalized spacial score (nSPS) is 11.2. The molecule has 0 bridgehead atoms. The van der Waals surface area contributed by atoms with Crippen molar-refractivity contribution in [2.45, 2.75) is 6.92 Å². The van der Waals surface area contributed by atoms with Gasteiger partial charge in [-0.15, -0.1) is 0 Å². The third kappa shape index (κ3) is 5.13. The number of nitrogens with zero attached hydrogens (tertiary/aromatic N) is 4. The molecule has 0 unspecified atom stereocenters. The van der Waals surface area contributed by atoms with Gasteiger partial charge in [-0.05, 0) is 87.1 Å². The maximum Gasteiger partial charge on any atom is 0.164 e. The predicted molar refractivity (Wildman–Crippen MR) is 185 cm³/mol. The van der Waals surface area contributed by atoms with Gasteiger partial charge in [-0.2, -0.15) is 0 Å². The van der Waals surface area contributed by atoms with Crippen LogP contribution in [0.2, 0.25) is 0 Å². The largest absolute Gasteiger partial charge is 0.262 e. The van der Waals surface area contributed by atoms with Crippen LogP contribution in [0.15, 0.2) is 152 Å². The summed E-state index contributed by atoms with van der Waals surface area (Å²) in [6.07, 6.45) is 1.87. The minimum absolute atomic E-state index is 0.627. The van der Waals surface area contributed by atoms with Gasteiger partial charge in [-0.3, -0.25) is 4.98 Å². The number of rotatable bonds is 5. The van der Waals surface area contributed by atoms with E-state index in [1.807, 2.05) is 73.8 Å². The van der Waals surface area contributed by atoms with Gasteiger partial charge in [0.25, 0.3) is 0 Å². The highest BCUT2D eigenvalue weighted by molar-refractivity contribution is 6.14. The van der Waals surface area contributed by atoms with Gasteiger partial charge in [0.15, 0.2) is 17.5 Å². The molecule has 0 aliphatic rings. The Labute approximate surface area is 261 Å². The molecule has 0 saturated heterocycles. The Bertz CT molecular complexity index is 2270. The van der Waals surface area contributed by atoms with E-state index in [1.165, 1.54) is 27.1 Å². The molecule has 0 fully saturated rings. The van der Waals surface area contributed by atoms with E-state index in [0.717, 1.165) is 39.1 Å². The number of hydrogen-bond acceptors (Lipinski definition) is 4. The van der Waals surface area contributed by atoms with Gasteiger partial charge < -0.3 is 0 Å². The van der Waals surface area contributed by atoms with E-state index in [1.54, 1.807) is 0 Å². The molecular formula is C41H28N4. The van der Waals surface area contributed by atoms with Crippen molar-refractivity contribution in [3.8, 4) is 56.4 Å². The quantitative estimate of drug-likeness (QED) is 0.191. The maximum atomic E-state index is 5.06. The van der Waals surface area contributed by atoms with Crippen molar-refractivity contribution in [2.75, 3.05) is 0 Å². The fraction of sp³-hybridized carbons (Fsp3) is 0.0244. The Kier molecular flexibility index (Phi) is 6.65. The van der Waals surface area contributed by atoms with Crippen molar-refractivity contribution >= 4 is 21.5 Å². The van der Waals surface area contributed by atoms with Gasteiger partial charge in [0.2, 0.25) is 0 Å². The zero-order chi connectivity index (χ0) is 30.2. The second kappa shape index (κ2) is 11.3. The number of hydrogen-bond donors (Lipinski definition) is 0. The number of benzene rings is 6. The SMILES string of the molecule is Cc1cc(-c2cc(-c3nc(-c4ccccc4)nc(-c4ccccc4)n3)cc(-c3cc4ccccc4c4ccccc34)c2)ccn1. The molecule has 8 aromatic rings. The van der Waals surface area contributed by atoms with Crippen LogP contribution in [0, 0.1) is 6.92 Å². The van der Waals surface area contributed by atoms with Crippen LogP contribution in [0.25, 0.3) is 78.0 Å². The molecule has 0 radical (unpaired) electrons. The number of aromatic nitrogens is 4. The molecule has 4 heteroatoms. The fourth-order valence-electron chi connectivity index (χ4n) is 6.03. The third-order valence-electron chi connectivity index (χ3n) is 8.20. The summed E-state index contributed by atoms with van der Waals surface area (Å²) in [5, 5.41) is 4.89. The molecule has 0 N–H and O–H groups in total. The number of aryl methyl sites for hydroxylation is 1. The van der Waals surface area contributed by atoms with Gasteiger partial charge in [0.05, 0.1) is 0 Å². The van der Waals surface area contributed by atoms with E-state index in [-0.39, 0.29) is 0 Å². The summed E-state index contributed by atoms with van der Waals surface area (Å²) in [4.78, 5) is 19.5. The topological polar surface area (TPSA) is 51.6 Å². The molecular weight excluding hydrogens is 548 g/mol. The zero-order valence-electron chi connectivity index (χ0n) is 24.7. The number of pyridine rings is 1. The van der Waals surface area contributed by atoms with Crippen LogP contribution in [-0.4, -0.2) is 19.9 Å². The lowest BCUT2D eigenvalue weighted by atomic mass is 9.90. The molecule has 4 nitrogen and oxygen atoms in total. The van der Waals surface area contributed by atoms with Crippen molar-refractivity contribution < 1.29 is 0 Å². The minimum atomic E-state index is 0.627. The predicted octanol–water partition coefficient (Wildman–Crippen LogP) is 10.2. The lowest BCUT2D eigenvalue weighted by Gasteiger charge is -2.15. The van der Waals surface area contributed by atoms with Crippen LogP contribution >= 0.6 is 0 Å². The standard InChI is InChI=1S/C41H28N4/c1-27-22-30(20-21-42-27)32-23-33(38-26-31-16-8-9-17-35(31)36-18-10-11-19-37(36)38)25-34(24-32)41-44-39(28-12-4-2-5-13-28)43-40(45-41)29-14-6-3-7-15-29/h2-26H,1H3. The first-order chi connectivity index (χ1) is 22.2. The Balaban J connectivity index is 1.41. The molecule has 0 aliphatic carbocycles. The number of fused-ring (bicyclic) bond motifs is 3. The van der Waals surface area contributed by atoms with Crippen molar-refractivity contribution in [1.82, 2.24) is 19.9 Å². The van der Waals surface area contributed by atoms with Crippen LogP contribution in [0.3, 0.4) is 0 Å². The molecule has 0 aliphatic heterocycles. The van der Waals surface area contributed by atoms with Gasteiger partial charge >= 0.3 is 0 Å². The summed E-state index contributed by atoms with van der Waals surface area (Å²) in [6.45, 7) is 2.02. The summed E-state index contributed by atoms with van der Waals surface area (Å²) in [5.74, 6) is 1.91. The van der Waals surface area contributed by atoms with Crippen LogP contribution < -0.4 is 0 Å². The smallest absolute Gasteiger partial charge is 0.164 e. The van der Waals surface area contributed by atoms with Gasteiger partial charge in [-0.1, -0.05) is 109 Å². The van der Waals surface area contributed by atoms with Crippen LogP contribution in [0.1, 0.15) is 5.69 Å². The molecule has 45 heavy (non-hydrogen) atoms. The molecule has 0 amide bonds. The van der Waals surface area contributed by atoms with E-state index in [4.69, 9.17) is 15.0 Å². The Morgan fingerprint density at radius 1 is 0.378 bits per heavy atom. The average molecular weight is 577 g/mol. The van der Waals surface area contributed by atoms with Crippen LogP contribution in [0.4, 0.5) is 0 Å². The maximum absolute atomic E-state index is 5.06. The van der Waals surface area contributed by atoms with Crippen molar-refractivity contribution in [3.63, 3.8) is 0 Å². The lowest BCUT2D eigenvalue weighted by molar-refractivity contribution is 1.07. The fourth-order valence-corrected chi connectivity index (χ4v) is 6.03. The first-order valence-corrected chi connectivity index (χ1v) is 15.1. The highest BCUT2D eigenvalue weighted by Gasteiger charge is 2.16. The van der Waals surface area contributed by atoms with E-state index in [0.29, 0.717) is 17.5 Å². The van der Waals surface area contributed by atoms with Crippen LogP contribution in [0.5, 0.6) is 0 Å². The molecule has 0 saturated carbocycles. The molecule has 8 rings (SSSR count). The second-order valence-corrected chi connectivity index (χ2v) is 11.2. The highest BCUT2D eigenvalue weighted by atomic mass is 15.0. The van der Waals surface area contributed by atoms with E-state index in [9.17, 15) is 0 Å². The average Bonchev–Trinajstić information content (AvgIpc) is 3.11. The molecule has 2 heterocycles. The Morgan fingerprint density at radius 3 is 1.58 bits per heavy atom. The first-order valence-electron chi connectivity index (χ1n) is 15.1. The van der Waals surface area contributed by atoms with Gasteiger partial charge in [0.1, 0.15) is 0 Å². The van der Waals surface area contributed by atoms with Crippen LogP contribution in [-0.2, 0) is 0 Å². The molecule has 6 aromatic carbocycles. The lowest BCUT2D eigenvalue weighted by Crippen LogP contribution is -2.00. The Morgan fingerprint density at radius 2 is 0.911 bits per heavy atom. The van der Waals surface area contributed by atoms with Crippen molar-refractivity contribution in [1.29, 1.82) is 0 Å². The van der Waals surface area contributed by atoms with Crippen molar-refractivity contribution in [2.24, 2.45) is 0 Å². The molecule has 2 aromatic heterocycles. The molecule has 212 valence electrons. The summed E-state index contributed by atoms with van der Waals surface area (Å²) in [7, 11) is 0. The monoisotopic (exact) mass is 576 g/mol.